The Bertz CT molecular complexity index is 364. The Kier molecular flexibility index (Phi) is 5.20. The molecule has 0 radical (unpaired) electrons. The van der Waals surface area contributed by atoms with E-state index in [1.165, 1.54) is 4.88 Å². The maximum atomic E-state index is 12.1. The van der Waals surface area contributed by atoms with Gasteiger partial charge in [0.1, 0.15) is 0 Å². The highest BCUT2D eigenvalue weighted by Gasteiger charge is 2.25. The lowest BCUT2D eigenvalue weighted by Gasteiger charge is -2.34. The van der Waals surface area contributed by atoms with E-state index in [1.54, 1.807) is 11.3 Å². The van der Waals surface area contributed by atoms with Gasteiger partial charge in [-0.25, -0.2) is 0 Å². The van der Waals surface area contributed by atoms with Crippen LogP contribution in [0.2, 0.25) is 0 Å². The Balaban J connectivity index is 1.76. The molecule has 0 saturated carbocycles. The van der Waals surface area contributed by atoms with Crippen molar-refractivity contribution in [3.63, 3.8) is 0 Å². The zero-order chi connectivity index (χ0) is 12.8. The van der Waals surface area contributed by atoms with E-state index in [1.807, 2.05) is 11.0 Å². The normalized spacial score (nSPS) is 20.1. The summed E-state index contributed by atoms with van der Waals surface area (Å²) in [6.07, 6.45) is 5.66. The van der Waals surface area contributed by atoms with Crippen molar-refractivity contribution < 1.29 is 9.90 Å². The third kappa shape index (κ3) is 3.56. The molecule has 1 saturated heterocycles. The molecule has 0 spiro atoms. The Labute approximate surface area is 112 Å². The number of aryl methyl sites for hydroxylation is 1. The summed E-state index contributed by atoms with van der Waals surface area (Å²) in [5.41, 5.74) is 0. The first-order valence-electron chi connectivity index (χ1n) is 6.74. The predicted molar refractivity (Wildman–Crippen MR) is 73.7 cm³/mol. The van der Waals surface area contributed by atoms with Gasteiger partial charge < -0.3 is 10.0 Å². The highest BCUT2D eigenvalue weighted by atomic mass is 32.1. The van der Waals surface area contributed by atoms with Gasteiger partial charge in [-0.3, -0.25) is 4.79 Å². The van der Waals surface area contributed by atoms with Crippen LogP contribution in [0, 0.1) is 0 Å². The van der Waals surface area contributed by atoms with E-state index in [-0.39, 0.29) is 18.6 Å². The lowest BCUT2D eigenvalue weighted by molar-refractivity contribution is -0.136. The van der Waals surface area contributed by atoms with Crippen LogP contribution in [-0.4, -0.2) is 35.1 Å². The summed E-state index contributed by atoms with van der Waals surface area (Å²) < 4.78 is 0. The van der Waals surface area contributed by atoms with E-state index in [0.717, 1.165) is 38.6 Å². The summed E-state index contributed by atoms with van der Waals surface area (Å²) in [5, 5.41) is 11.4. The molecule has 1 atom stereocenters. The number of hydrogen-bond acceptors (Lipinski definition) is 3. The molecule has 1 aliphatic rings. The van der Waals surface area contributed by atoms with Crippen LogP contribution in [-0.2, 0) is 11.2 Å². The number of hydrogen-bond donors (Lipinski definition) is 1. The minimum absolute atomic E-state index is 0.0630. The maximum Gasteiger partial charge on any atom is 0.222 e. The van der Waals surface area contributed by atoms with Gasteiger partial charge in [-0.1, -0.05) is 6.07 Å². The first-order chi connectivity index (χ1) is 8.81. The summed E-state index contributed by atoms with van der Waals surface area (Å²) in [5.74, 6) is 0.213. The van der Waals surface area contributed by atoms with Crippen molar-refractivity contribution in [1.29, 1.82) is 0 Å². The Morgan fingerprint density at radius 1 is 1.50 bits per heavy atom. The molecule has 1 fully saturated rings. The third-order valence-electron chi connectivity index (χ3n) is 3.55. The zero-order valence-corrected chi connectivity index (χ0v) is 11.5. The fourth-order valence-corrected chi connectivity index (χ4v) is 3.28. The van der Waals surface area contributed by atoms with Gasteiger partial charge in [0.15, 0.2) is 0 Å². The molecule has 1 N–H and O–H groups in total. The van der Waals surface area contributed by atoms with Crippen LogP contribution in [0.1, 0.15) is 37.0 Å². The van der Waals surface area contributed by atoms with Crippen LogP contribution in [0.15, 0.2) is 17.5 Å². The quantitative estimate of drug-likeness (QED) is 0.890. The van der Waals surface area contributed by atoms with Gasteiger partial charge in [0.25, 0.3) is 0 Å². The number of thiophene rings is 1. The van der Waals surface area contributed by atoms with Crippen molar-refractivity contribution in [3.8, 4) is 0 Å². The van der Waals surface area contributed by atoms with Gasteiger partial charge in [0.05, 0.1) is 12.6 Å². The van der Waals surface area contributed by atoms with Crippen LogP contribution in [0.25, 0.3) is 0 Å². The van der Waals surface area contributed by atoms with Crippen LogP contribution in [0.5, 0.6) is 0 Å². The molecule has 1 aromatic heterocycles. The summed E-state index contributed by atoms with van der Waals surface area (Å²) in [6.45, 7) is 0.930. The fourth-order valence-electron chi connectivity index (χ4n) is 2.53. The number of rotatable bonds is 5. The number of carbonyl (C=O) groups is 1. The smallest absolute Gasteiger partial charge is 0.222 e. The lowest BCUT2D eigenvalue weighted by atomic mass is 10.0. The molecule has 3 nitrogen and oxygen atoms in total. The van der Waals surface area contributed by atoms with Crippen molar-refractivity contribution in [2.75, 3.05) is 13.2 Å². The molecule has 1 aliphatic heterocycles. The molecule has 100 valence electrons. The Morgan fingerprint density at radius 3 is 3.11 bits per heavy atom. The molecule has 1 unspecified atom stereocenters. The Morgan fingerprint density at radius 2 is 2.39 bits per heavy atom. The summed E-state index contributed by atoms with van der Waals surface area (Å²) >= 11 is 1.75. The largest absolute Gasteiger partial charge is 0.394 e. The second kappa shape index (κ2) is 6.90. The molecule has 18 heavy (non-hydrogen) atoms. The first-order valence-corrected chi connectivity index (χ1v) is 7.62. The molecule has 1 aromatic rings. The van der Waals surface area contributed by atoms with Gasteiger partial charge in [-0.15, -0.1) is 11.3 Å². The van der Waals surface area contributed by atoms with Gasteiger partial charge in [-0.2, -0.15) is 0 Å². The number of nitrogens with zero attached hydrogens (tertiary/aromatic N) is 1. The van der Waals surface area contributed by atoms with E-state index >= 15 is 0 Å². The first kappa shape index (κ1) is 13.6. The topological polar surface area (TPSA) is 40.5 Å². The van der Waals surface area contributed by atoms with E-state index < -0.39 is 0 Å². The number of amides is 1. The highest BCUT2D eigenvalue weighted by Crippen LogP contribution is 2.19. The summed E-state index contributed by atoms with van der Waals surface area (Å²) in [6, 6.07) is 4.23. The molecule has 2 heterocycles. The minimum Gasteiger partial charge on any atom is -0.394 e. The molecule has 0 bridgehead atoms. The number of likely N-dealkylation sites (tertiary alicyclic amines) is 1. The monoisotopic (exact) mass is 267 g/mol. The van der Waals surface area contributed by atoms with Crippen LogP contribution in [0.3, 0.4) is 0 Å². The Hall–Kier alpha value is -0.870. The molecular weight excluding hydrogens is 246 g/mol. The van der Waals surface area contributed by atoms with Crippen molar-refractivity contribution in [2.24, 2.45) is 0 Å². The third-order valence-corrected chi connectivity index (χ3v) is 4.49. The predicted octanol–water partition coefficient (Wildman–Crippen LogP) is 2.44. The van der Waals surface area contributed by atoms with E-state index in [4.69, 9.17) is 0 Å². The zero-order valence-electron chi connectivity index (χ0n) is 10.7. The lowest BCUT2D eigenvalue weighted by Crippen LogP contribution is -2.45. The number of aliphatic hydroxyl groups excluding tert-OH is 1. The maximum absolute atomic E-state index is 12.1. The second-order valence-electron chi connectivity index (χ2n) is 4.85. The highest BCUT2D eigenvalue weighted by molar-refractivity contribution is 7.09. The summed E-state index contributed by atoms with van der Waals surface area (Å²) in [7, 11) is 0. The van der Waals surface area contributed by atoms with Gasteiger partial charge in [0.2, 0.25) is 5.91 Å². The average molecular weight is 267 g/mol. The van der Waals surface area contributed by atoms with Crippen molar-refractivity contribution >= 4 is 17.2 Å². The van der Waals surface area contributed by atoms with Crippen molar-refractivity contribution in [2.45, 2.75) is 44.6 Å². The van der Waals surface area contributed by atoms with Gasteiger partial charge in [0, 0.05) is 17.8 Å². The average Bonchev–Trinajstić information content (AvgIpc) is 2.91. The molecule has 2 rings (SSSR count). The van der Waals surface area contributed by atoms with Crippen LogP contribution >= 0.6 is 11.3 Å². The number of piperidine rings is 1. The van der Waals surface area contributed by atoms with E-state index in [2.05, 4.69) is 11.4 Å². The fraction of sp³-hybridized carbons (Fsp3) is 0.643. The van der Waals surface area contributed by atoms with Crippen molar-refractivity contribution in [3.05, 3.63) is 22.4 Å². The van der Waals surface area contributed by atoms with E-state index in [0.29, 0.717) is 6.42 Å². The second-order valence-corrected chi connectivity index (χ2v) is 5.88. The SMILES string of the molecule is O=C(CCCc1cccs1)N1CCCCC1CO. The standard InChI is InChI=1S/C14H21NO2S/c16-11-12-5-1-2-9-15(12)14(17)8-3-6-13-7-4-10-18-13/h4,7,10,12,16H,1-3,5-6,8-9,11H2. The van der Waals surface area contributed by atoms with Crippen LogP contribution < -0.4 is 0 Å². The van der Waals surface area contributed by atoms with Crippen LogP contribution in [0.4, 0.5) is 0 Å². The summed E-state index contributed by atoms with van der Waals surface area (Å²) in [4.78, 5) is 15.3. The number of aliphatic hydroxyl groups is 1. The molecule has 0 aliphatic carbocycles. The van der Waals surface area contributed by atoms with E-state index in [9.17, 15) is 9.90 Å². The van der Waals surface area contributed by atoms with Gasteiger partial charge in [-0.05, 0) is 43.6 Å². The number of carbonyl (C=O) groups excluding carboxylic acids is 1. The molecule has 4 heteroatoms. The van der Waals surface area contributed by atoms with Crippen molar-refractivity contribution in [1.82, 2.24) is 4.90 Å². The van der Waals surface area contributed by atoms with Gasteiger partial charge >= 0.3 is 0 Å². The minimum atomic E-state index is 0.0630. The molecule has 1 amide bonds. The molecular formula is C14H21NO2S. The molecule has 0 aromatic carbocycles.